The summed E-state index contributed by atoms with van der Waals surface area (Å²) >= 11 is 1.44. The van der Waals surface area contributed by atoms with E-state index < -0.39 is 4.92 Å². The van der Waals surface area contributed by atoms with Gasteiger partial charge in [-0.3, -0.25) is 10.1 Å². The number of aryl methyl sites for hydroxylation is 1. The van der Waals surface area contributed by atoms with Gasteiger partial charge in [0.25, 0.3) is 5.69 Å². The summed E-state index contributed by atoms with van der Waals surface area (Å²) in [5, 5.41) is 19.4. The molecule has 0 bridgehead atoms. The largest absolute Gasteiger partial charge is 0.398 e. The molecule has 0 saturated heterocycles. The number of non-ortho nitro benzene ring substituents is 1. The van der Waals surface area contributed by atoms with Gasteiger partial charge in [-0.2, -0.15) is 0 Å². The smallest absolute Gasteiger partial charge is 0.269 e. The molecule has 0 radical (unpaired) electrons. The van der Waals surface area contributed by atoms with Gasteiger partial charge in [0.05, 0.1) is 4.92 Å². The maximum Gasteiger partial charge on any atom is 0.269 e. The van der Waals surface area contributed by atoms with Crippen molar-refractivity contribution in [3.8, 4) is 0 Å². The van der Waals surface area contributed by atoms with Gasteiger partial charge in [-0.15, -0.1) is 10.2 Å². The Balaban J connectivity index is 2.17. The number of nitrogens with zero attached hydrogens (tertiary/aromatic N) is 4. The van der Waals surface area contributed by atoms with E-state index in [1.165, 1.54) is 23.9 Å². The Morgan fingerprint density at radius 2 is 2.21 bits per heavy atom. The lowest BCUT2D eigenvalue weighted by Gasteiger charge is -2.05. The highest BCUT2D eigenvalue weighted by molar-refractivity contribution is 7.98. The van der Waals surface area contributed by atoms with Crippen molar-refractivity contribution in [2.75, 3.05) is 5.73 Å². The topological polar surface area (TPSA) is 99.9 Å². The fourth-order valence-electron chi connectivity index (χ4n) is 1.49. The van der Waals surface area contributed by atoms with Crippen LogP contribution in [0.3, 0.4) is 0 Å². The summed E-state index contributed by atoms with van der Waals surface area (Å²) in [5.74, 6) is 1.33. The van der Waals surface area contributed by atoms with Gasteiger partial charge in [0.1, 0.15) is 5.82 Å². The highest BCUT2D eigenvalue weighted by Gasteiger charge is 2.11. The quantitative estimate of drug-likeness (QED) is 0.397. The van der Waals surface area contributed by atoms with Crippen molar-refractivity contribution in [2.45, 2.75) is 17.8 Å². The van der Waals surface area contributed by atoms with Crippen molar-refractivity contribution in [1.29, 1.82) is 0 Å². The average Bonchev–Trinajstić information content (AvgIpc) is 2.69. The average molecular weight is 279 g/mol. The van der Waals surface area contributed by atoms with Crippen LogP contribution in [-0.2, 0) is 12.8 Å². The lowest BCUT2D eigenvalue weighted by molar-refractivity contribution is -0.384. The molecule has 2 rings (SSSR count). The number of nitrogen functional groups attached to an aromatic ring is 1. The van der Waals surface area contributed by atoms with Crippen LogP contribution in [0.25, 0.3) is 0 Å². The first-order valence-corrected chi connectivity index (χ1v) is 6.49. The summed E-state index contributed by atoms with van der Waals surface area (Å²) in [5.41, 5.74) is 7.12. The van der Waals surface area contributed by atoms with Crippen LogP contribution in [0.4, 0.5) is 11.4 Å². The fourth-order valence-corrected chi connectivity index (χ4v) is 2.45. The molecule has 0 atom stereocenters. The number of nitro benzene ring substituents is 1. The molecule has 0 fully saturated rings. The predicted molar refractivity (Wildman–Crippen MR) is 72.8 cm³/mol. The predicted octanol–water partition coefficient (Wildman–Crippen LogP) is 1.91. The molecule has 19 heavy (non-hydrogen) atoms. The van der Waals surface area contributed by atoms with E-state index in [4.69, 9.17) is 5.73 Å². The Kier molecular flexibility index (Phi) is 3.70. The summed E-state index contributed by atoms with van der Waals surface area (Å²) in [6.45, 7) is 1.86. The monoisotopic (exact) mass is 279 g/mol. The van der Waals surface area contributed by atoms with Crippen molar-refractivity contribution >= 4 is 23.1 Å². The van der Waals surface area contributed by atoms with E-state index in [2.05, 4.69) is 10.2 Å². The summed E-state index contributed by atoms with van der Waals surface area (Å²) in [6, 6.07) is 4.44. The van der Waals surface area contributed by atoms with Crippen LogP contribution < -0.4 is 5.73 Å². The molecule has 0 aliphatic rings. The van der Waals surface area contributed by atoms with E-state index in [0.29, 0.717) is 11.4 Å². The fraction of sp³-hybridized carbons (Fsp3) is 0.273. The van der Waals surface area contributed by atoms with Crippen LogP contribution in [-0.4, -0.2) is 19.7 Å². The first kappa shape index (κ1) is 13.3. The molecule has 0 aliphatic carbocycles. The highest BCUT2D eigenvalue weighted by atomic mass is 32.2. The van der Waals surface area contributed by atoms with E-state index in [9.17, 15) is 10.1 Å². The van der Waals surface area contributed by atoms with Crippen LogP contribution >= 0.6 is 11.8 Å². The zero-order valence-electron chi connectivity index (χ0n) is 10.5. The lowest BCUT2D eigenvalue weighted by atomic mass is 10.2. The van der Waals surface area contributed by atoms with Gasteiger partial charge in [-0.05, 0) is 18.6 Å². The molecule has 100 valence electrons. The lowest BCUT2D eigenvalue weighted by Crippen LogP contribution is -1.97. The normalized spacial score (nSPS) is 10.6. The minimum atomic E-state index is -0.430. The Hall–Kier alpha value is -2.09. The van der Waals surface area contributed by atoms with E-state index in [1.807, 2.05) is 18.5 Å². The van der Waals surface area contributed by atoms with Crippen molar-refractivity contribution in [3.05, 3.63) is 39.7 Å². The zero-order chi connectivity index (χ0) is 14.0. The first-order chi connectivity index (χ1) is 8.99. The number of nitro groups is 1. The summed E-state index contributed by atoms with van der Waals surface area (Å²) in [4.78, 5) is 10.3. The van der Waals surface area contributed by atoms with E-state index >= 15 is 0 Å². The molecule has 1 heterocycles. The second-order valence-corrected chi connectivity index (χ2v) is 4.96. The number of nitrogens with two attached hydrogens (primary N) is 1. The second kappa shape index (κ2) is 5.27. The maximum atomic E-state index is 10.7. The molecule has 0 spiro atoms. The number of thioether (sulfide) groups is 1. The highest BCUT2D eigenvalue weighted by Crippen LogP contribution is 2.27. The van der Waals surface area contributed by atoms with Crippen molar-refractivity contribution in [2.24, 2.45) is 7.05 Å². The van der Waals surface area contributed by atoms with Crippen LogP contribution in [0.5, 0.6) is 0 Å². The van der Waals surface area contributed by atoms with Gasteiger partial charge in [0, 0.05) is 30.6 Å². The Morgan fingerprint density at radius 3 is 2.79 bits per heavy atom. The minimum absolute atomic E-state index is 0.0407. The number of aromatic nitrogens is 3. The minimum Gasteiger partial charge on any atom is -0.398 e. The van der Waals surface area contributed by atoms with Gasteiger partial charge in [0.2, 0.25) is 0 Å². The second-order valence-electron chi connectivity index (χ2n) is 4.02. The number of hydrogen-bond donors (Lipinski definition) is 1. The molecule has 0 saturated carbocycles. The molecule has 0 aliphatic heterocycles. The molecule has 0 unspecified atom stereocenters. The van der Waals surface area contributed by atoms with Crippen LogP contribution in [0.1, 0.15) is 11.4 Å². The Bertz CT molecular complexity index is 626. The number of benzene rings is 1. The van der Waals surface area contributed by atoms with E-state index in [1.54, 1.807) is 6.07 Å². The molecule has 0 amide bonds. The van der Waals surface area contributed by atoms with E-state index in [0.717, 1.165) is 16.5 Å². The number of hydrogen-bond acceptors (Lipinski definition) is 6. The first-order valence-electron chi connectivity index (χ1n) is 5.50. The molecule has 8 heteroatoms. The van der Waals surface area contributed by atoms with Gasteiger partial charge in [0.15, 0.2) is 5.16 Å². The summed E-state index contributed by atoms with van der Waals surface area (Å²) in [6.07, 6.45) is 0. The number of rotatable bonds is 4. The Morgan fingerprint density at radius 1 is 1.47 bits per heavy atom. The van der Waals surface area contributed by atoms with Crippen molar-refractivity contribution in [3.63, 3.8) is 0 Å². The summed E-state index contributed by atoms with van der Waals surface area (Å²) < 4.78 is 1.86. The van der Waals surface area contributed by atoms with Gasteiger partial charge in [-0.1, -0.05) is 11.8 Å². The molecule has 1 aromatic heterocycles. The Labute approximate surface area is 114 Å². The van der Waals surface area contributed by atoms with Crippen LogP contribution in [0.15, 0.2) is 23.4 Å². The van der Waals surface area contributed by atoms with E-state index in [-0.39, 0.29) is 5.69 Å². The SMILES string of the molecule is Cc1nnc(SCc2cc([N+](=O)[O-])ccc2N)n1C. The number of anilines is 1. The van der Waals surface area contributed by atoms with Gasteiger partial charge >= 0.3 is 0 Å². The molecular formula is C11H13N5O2S. The maximum absolute atomic E-state index is 10.7. The standard InChI is InChI=1S/C11H13N5O2S/c1-7-13-14-11(15(7)2)19-6-8-5-9(16(17)18)3-4-10(8)12/h3-5H,6,12H2,1-2H3. The third-order valence-corrected chi connectivity index (χ3v) is 3.82. The zero-order valence-corrected chi connectivity index (χ0v) is 11.3. The van der Waals surface area contributed by atoms with Crippen molar-refractivity contribution in [1.82, 2.24) is 14.8 Å². The van der Waals surface area contributed by atoms with Crippen molar-refractivity contribution < 1.29 is 4.92 Å². The summed E-state index contributed by atoms with van der Waals surface area (Å²) in [7, 11) is 1.87. The molecule has 7 nitrogen and oxygen atoms in total. The molecule has 2 aromatic rings. The third-order valence-electron chi connectivity index (χ3n) is 2.75. The van der Waals surface area contributed by atoms with Crippen LogP contribution in [0.2, 0.25) is 0 Å². The molecule has 2 N–H and O–H groups in total. The van der Waals surface area contributed by atoms with Crippen LogP contribution in [0, 0.1) is 17.0 Å². The third kappa shape index (κ3) is 2.84. The van der Waals surface area contributed by atoms with Gasteiger partial charge < -0.3 is 10.3 Å². The van der Waals surface area contributed by atoms with Gasteiger partial charge in [-0.25, -0.2) is 0 Å². The molecule has 1 aromatic carbocycles. The molecular weight excluding hydrogens is 266 g/mol.